The fourth-order valence-corrected chi connectivity index (χ4v) is 7.79. The molecule has 8 atom stereocenters. The molecule has 1 aliphatic rings. The van der Waals surface area contributed by atoms with Crippen molar-refractivity contribution in [2.75, 3.05) is 33.1 Å². The number of carbonyl (C=O) groups excluding carboxylic acids is 4. The lowest BCUT2D eigenvalue weighted by atomic mass is 9.79. The number of hydrogen-bond donors (Lipinski definition) is 2. The predicted octanol–water partition coefficient (Wildman–Crippen LogP) is 6.55. The lowest BCUT2D eigenvalue weighted by Crippen LogP contribution is -2.56. The van der Waals surface area contributed by atoms with Crippen molar-refractivity contribution < 1.29 is 33.4 Å². The Morgan fingerprint density at radius 1 is 0.949 bits per heavy atom. The molecule has 1 aliphatic heterocycles. The third-order valence-corrected chi connectivity index (χ3v) is 12.5. The zero-order valence-corrected chi connectivity index (χ0v) is 38.5. The number of ether oxygens (including phenoxy) is 3. The summed E-state index contributed by atoms with van der Waals surface area (Å²) in [5.74, 6) is -1.56. The van der Waals surface area contributed by atoms with Gasteiger partial charge in [-0.2, -0.15) is 0 Å². The Hall–Kier alpha value is -4.10. The van der Waals surface area contributed by atoms with Gasteiger partial charge >= 0.3 is 5.97 Å². The molecule has 1 aromatic heterocycles. The Morgan fingerprint density at radius 2 is 1.56 bits per heavy atom. The summed E-state index contributed by atoms with van der Waals surface area (Å²) in [7, 11) is 4.91. The predicted molar refractivity (Wildman–Crippen MR) is 232 cm³/mol. The van der Waals surface area contributed by atoms with Gasteiger partial charge in [-0.3, -0.25) is 14.4 Å². The van der Waals surface area contributed by atoms with Gasteiger partial charge in [-0.1, -0.05) is 92.1 Å². The smallest absolute Gasteiger partial charge is 0.329 e. The normalized spacial score (nSPS) is 18.3. The fourth-order valence-electron chi connectivity index (χ4n) is 7.79. The first-order valence-electron chi connectivity index (χ1n) is 21.3. The molecule has 3 amide bonds. The monoisotopic (exact) mass is 823 g/mol. The molecule has 13 nitrogen and oxygen atoms in total. The number of benzene rings is 1. The van der Waals surface area contributed by atoms with Gasteiger partial charge < -0.3 is 34.6 Å². The molecule has 0 unspecified atom stereocenters. The van der Waals surface area contributed by atoms with Crippen LogP contribution in [0.5, 0.6) is 0 Å². The molecule has 59 heavy (non-hydrogen) atoms. The van der Waals surface area contributed by atoms with E-state index in [2.05, 4.69) is 34.4 Å². The second kappa shape index (κ2) is 21.4. The fraction of sp³-hybridized carbons (Fsp3) is 0.696. The van der Waals surface area contributed by atoms with E-state index in [4.69, 9.17) is 14.2 Å². The van der Waals surface area contributed by atoms with Crippen molar-refractivity contribution in [1.82, 2.24) is 25.1 Å². The van der Waals surface area contributed by atoms with Crippen LogP contribution >= 0.6 is 0 Å². The number of esters is 1. The SMILES string of the molecule is CC[C@H](C)[C@@H]([C@@H](CC(=O)N1CCC[C@H]1[C@H](OC)[C@@H](C)C(=O)N[C@@H](Cc1ccccc1)C(=O)OC(C)(C)C(C)(C)C)OC)N(C)C(=O)[C@@H](Nc1nc(C)cc(C)n1)C(C)C. The zero-order valence-electron chi connectivity index (χ0n) is 38.5. The number of rotatable bonds is 20. The summed E-state index contributed by atoms with van der Waals surface area (Å²) < 4.78 is 18.2. The lowest BCUT2D eigenvalue weighted by molar-refractivity contribution is -0.171. The van der Waals surface area contributed by atoms with Crippen molar-refractivity contribution in [2.24, 2.45) is 23.2 Å². The highest BCUT2D eigenvalue weighted by atomic mass is 16.6. The molecule has 0 bridgehead atoms. The van der Waals surface area contributed by atoms with Gasteiger partial charge in [0.25, 0.3) is 0 Å². The third kappa shape index (κ3) is 12.9. The van der Waals surface area contributed by atoms with E-state index in [0.29, 0.717) is 18.9 Å². The summed E-state index contributed by atoms with van der Waals surface area (Å²) in [6.45, 7) is 23.9. The van der Waals surface area contributed by atoms with Crippen LogP contribution < -0.4 is 10.6 Å². The van der Waals surface area contributed by atoms with E-state index in [1.54, 1.807) is 38.0 Å². The highest BCUT2D eigenvalue weighted by molar-refractivity contribution is 5.87. The zero-order chi connectivity index (χ0) is 44.4. The maximum Gasteiger partial charge on any atom is 0.329 e. The standard InChI is InChI=1S/C46H74N6O7/c1-16-29(4)39(51(13)42(55)38(28(2)3)50-44-47-30(5)25-31(6)48-44)36(57-14)27-37(53)52-24-20-23-35(52)40(58-15)32(7)41(54)49-34(26-33-21-18-17-19-22-33)43(56)59-46(11,12)45(8,9)10/h17-19,21-22,25,28-29,32,34-36,38-40H,16,20,23-24,26-27H2,1-15H3,(H,49,54)(H,47,48,50)/t29-,32+,34-,35-,36+,38-,39-,40+/m0/s1. The molecule has 2 heterocycles. The average molecular weight is 823 g/mol. The lowest BCUT2D eigenvalue weighted by Gasteiger charge is -2.41. The van der Waals surface area contributed by atoms with Crippen LogP contribution in [-0.4, -0.2) is 113 Å². The molecule has 0 saturated carbocycles. The molecule has 1 fully saturated rings. The van der Waals surface area contributed by atoms with E-state index in [0.717, 1.165) is 29.8 Å². The molecule has 3 rings (SSSR count). The number of likely N-dealkylation sites (N-methyl/N-ethyl adjacent to an activating group) is 1. The van der Waals surface area contributed by atoms with Crippen LogP contribution in [0.3, 0.4) is 0 Å². The minimum atomic E-state index is -0.939. The van der Waals surface area contributed by atoms with Gasteiger partial charge in [-0.15, -0.1) is 0 Å². The number of carbonyl (C=O) groups is 4. The molecule has 1 aromatic carbocycles. The van der Waals surface area contributed by atoms with Crippen molar-refractivity contribution in [3.8, 4) is 0 Å². The van der Waals surface area contributed by atoms with Crippen molar-refractivity contribution in [1.29, 1.82) is 0 Å². The second-order valence-corrected chi connectivity index (χ2v) is 18.4. The largest absolute Gasteiger partial charge is 0.458 e. The quantitative estimate of drug-likeness (QED) is 0.141. The maximum atomic E-state index is 14.4. The summed E-state index contributed by atoms with van der Waals surface area (Å²) in [5.41, 5.74) is 1.35. The molecule has 0 spiro atoms. The van der Waals surface area contributed by atoms with E-state index in [-0.39, 0.29) is 53.9 Å². The van der Waals surface area contributed by atoms with Gasteiger partial charge in [0.1, 0.15) is 17.7 Å². The molecule has 2 aromatic rings. The summed E-state index contributed by atoms with van der Waals surface area (Å²) in [6, 6.07) is 9.04. The number of nitrogens with zero attached hydrogens (tertiary/aromatic N) is 4. The minimum Gasteiger partial charge on any atom is -0.458 e. The van der Waals surface area contributed by atoms with Gasteiger partial charge in [-0.05, 0) is 64.0 Å². The van der Waals surface area contributed by atoms with Crippen molar-refractivity contribution in [3.05, 3.63) is 53.3 Å². The number of nitrogens with one attached hydrogen (secondary N) is 2. The Kier molecular flexibility index (Phi) is 17.9. The van der Waals surface area contributed by atoms with Crippen LogP contribution in [0.1, 0.15) is 112 Å². The van der Waals surface area contributed by atoms with Gasteiger partial charge in [0.15, 0.2) is 0 Å². The van der Waals surface area contributed by atoms with E-state index >= 15 is 0 Å². The minimum absolute atomic E-state index is 0.00119. The van der Waals surface area contributed by atoms with E-state index in [1.807, 2.05) is 98.7 Å². The Balaban J connectivity index is 1.82. The second-order valence-electron chi connectivity index (χ2n) is 18.4. The highest BCUT2D eigenvalue weighted by Crippen LogP contribution is 2.34. The van der Waals surface area contributed by atoms with Gasteiger partial charge in [0.05, 0.1) is 36.6 Å². The van der Waals surface area contributed by atoms with Gasteiger partial charge in [0, 0.05) is 51.0 Å². The molecular formula is C46H74N6O7. The van der Waals surface area contributed by atoms with Crippen LogP contribution in [0.15, 0.2) is 36.4 Å². The molecule has 1 saturated heterocycles. The average Bonchev–Trinajstić information content (AvgIpc) is 3.65. The van der Waals surface area contributed by atoms with Gasteiger partial charge in [-0.25, -0.2) is 14.8 Å². The van der Waals surface area contributed by atoms with Crippen molar-refractivity contribution >= 4 is 29.6 Å². The van der Waals surface area contributed by atoms with Crippen LogP contribution in [0.4, 0.5) is 5.95 Å². The number of anilines is 1. The summed E-state index contributed by atoms with van der Waals surface area (Å²) >= 11 is 0. The molecule has 330 valence electrons. The first-order chi connectivity index (χ1) is 27.6. The highest BCUT2D eigenvalue weighted by Gasteiger charge is 2.44. The summed E-state index contributed by atoms with van der Waals surface area (Å²) in [5, 5.41) is 6.27. The molecule has 0 radical (unpaired) electrons. The number of aryl methyl sites for hydroxylation is 2. The summed E-state index contributed by atoms with van der Waals surface area (Å²) in [4.78, 5) is 69.1. The maximum absolute atomic E-state index is 14.4. The van der Waals surface area contributed by atoms with Crippen LogP contribution in [0.25, 0.3) is 0 Å². The first-order valence-corrected chi connectivity index (χ1v) is 21.3. The molecular weight excluding hydrogens is 749 g/mol. The Labute approximate surface area is 354 Å². The van der Waals surface area contributed by atoms with Crippen LogP contribution in [-0.2, 0) is 39.8 Å². The number of likely N-dealkylation sites (tertiary alicyclic amines) is 1. The molecule has 13 heteroatoms. The Morgan fingerprint density at radius 3 is 2.08 bits per heavy atom. The van der Waals surface area contributed by atoms with Crippen LogP contribution in [0, 0.1) is 37.0 Å². The number of methoxy groups -OCH3 is 2. The number of aromatic nitrogens is 2. The van der Waals surface area contributed by atoms with Crippen LogP contribution in [0.2, 0.25) is 0 Å². The number of amides is 3. The Bertz CT molecular complexity index is 1680. The van der Waals surface area contributed by atoms with Gasteiger partial charge in [0.2, 0.25) is 23.7 Å². The van der Waals surface area contributed by atoms with E-state index in [9.17, 15) is 19.2 Å². The molecule has 0 aliphatic carbocycles. The summed E-state index contributed by atoms with van der Waals surface area (Å²) in [6.07, 6.45) is 1.17. The van der Waals surface area contributed by atoms with E-state index < -0.39 is 47.8 Å². The first kappa shape index (κ1) is 49.3. The van der Waals surface area contributed by atoms with Crippen molar-refractivity contribution in [2.45, 2.75) is 157 Å². The topological polar surface area (TPSA) is 152 Å². The van der Waals surface area contributed by atoms with Crippen molar-refractivity contribution in [3.63, 3.8) is 0 Å². The third-order valence-electron chi connectivity index (χ3n) is 12.5. The number of hydrogen-bond acceptors (Lipinski definition) is 10. The van der Waals surface area contributed by atoms with E-state index in [1.165, 1.54) is 0 Å². The molecule has 2 N–H and O–H groups in total.